The standard InChI is InChI=1S/C14H33N3/c1-14(2)8-13-17(12-7-10-16-4)11-6-5-9-15-3/h14-16H,5-13H2,1-4H3. The SMILES string of the molecule is CNCCCCN(CCCNC)CCC(C)C. The van der Waals surface area contributed by atoms with Gasteiger partial charge in [-0.2, -0.15) is 0 Å². The maximum absolute atomic E-state index is 3.23. The Morgan fingerprint density at radius 2 is 1.41 bits per heavy atom. The zero-order valence-corrected chi connectivity index (χ0v) is 12.4. The Kier molecular flexibility index (Phi) is 12.3. The molecule has 0 atom stereocenters. The molecule has 104 valence electrons. The summed E-state index contributed by atoms with van der Waals surface area (Å²) in [4.78, 5) is 2.63. The maximum atomic E-state index is 3.23. The van der Waals surface area contributed by atoms with Gasteiger partial charge in [0.1, 0.15) is 0 Å². The predicted octanol–water partition coefficient (Wildman–Crippen LogP) is 1.94. The van der Waals surface area contributed by atoms with Crippen LogP contribution in [0.2, 0.25) is 0 Å². The number of rotatable bonds is 12. The third kappa shape index (κ3) is 12.1. The monoisotopic (exact) mass is 243 g/mol. The molecule has 0 aromatic heterocycles. The second-order valence-electron chi connectivity index (χ2n) is 5.29. The predicted molar refractivity (Wildman–Crippen MR) is 77.6 cm³/mol. The summed E-state index contributed by atoms with van der Waals surface area (Å²) in [6, 6.07) is 0. The van der Waals surface area contributed by atoms with Crippen molar-refractivity contribution in [1.29, 1.82) is 0 Å². The van der Waals surface area contributed by atoms with Crippen molar-refractivity contribution in [3.8, 4) is 0 Å². The summed E-state index contributed by atoms with van der Waals surface area (Å²) < 4.78 is 0. The van der Waals surface area contributed by atoms with Gasteiger partial charge in [-0.1, -0.05) is 13.8 Å². The van der Waals surface area contributed by atoms with Crippen LogP contribution < -0.4 is 10.6 Å². The molecule has 0 rings (SSSR count). The molecule has 0 saturated carbocycles. The average Bonchev–Trinajstić information content (AvgIpc) is 2.30. The zero-order valence-electron chi connectivity index (χ0n) is 12.4. The maximum Gasteiger partial charge on any atom is -0.000664 e. The van der Waals surface area contributed by atoms with Gasteiger partial charge in [0.15, 0.2) is 0 Å². The summed E-state index contributed by atoms with van der Waals surface area (Å²) in [5, 5.41) is 6.44. The van der Waals surface area contributed by atoms with Gasteiger partial charge in [-0.3, -0.25) is 0 Å². The summed E-state index contributed by atoms with van der Waals surface area (Å²) in [6.07, 6.45) is 5.20. The second kappa shape index (κ2) is 12.3. The van der Waals surface area contributed by atoms with E-state index in [4.69, 9.17) is 0 Å². The van der Waals surface area contributed by atoms with Crippen LogP contribution in [0.1, 0.15) is 39.5 Å². The van der Waals surface area contributed by atoms with Crippen molar-refractivity contribution in [3.05, 3.63) is 0 Å². The van der Waals surface area contributed by atoms with Crippen LogP contribution in [-0.2, 0) is 0 Å². The molecule has 0 aliphatic carbocycles. The van der Waals surface area contributed by atoms with Crippen LogP contribution in [0.25, 0.3) is 0 Å². The fraction of sp³-hybridized carbons (Fsp3) is 1.00. The Bertz CT molecular complexity index is 148. The molecule has 0 aliphatic rings. The van der Waals surface area contributed by atoms with Gasteiger partial charge in [0.25, 0.3) is 0 Å². The Morgan fingerprint density at radius 1 is 0.824 bits per heavy atom. The first kappa shape index (κ1) is 16.9. The van der Waals surface area contributed by atoms with Crippen molar-refractivity contribution >= 4 is 0 Å². The number of unbranched alkanes of at least 4 members (excludes halogenated alkanes) is 1. The van der Waals surface area contributed by atoms with Gasteiger partial charge in [0.2, 0.25) is 0 Å². The molecule has 2 N–H and O–H groups in total. The largest absolute Gasteiger partial charge is 0.320 e. The molecule has 0 amide bonds. The molecule has 3 heteroatoms. The first-order chi connectivity index (χ1) is 8.20. The summed E-state index contributed by atoms with van der Waals surface area (Å²) in [7, 11) is 4.06. The van der Waals surface area contributed by atoms with Gasteiger partial charge in [0.05, 0.1) is 0 Å². The summed E-state index contributed by atoms with van der Waals surface area (Å²) in [6.45, 7) is 10.7. The molecular weight excluding hydrogens is 210 g/mol. The number of nitrogens with zero attached hydrogens (tertiary/aromatic N) is 1. The van der Waals surface area contributed by atoms with E-state index in [1.54, 1.807) is 0 Å². The fourth-order valence-electron chi connectivity index (χ4n) is 1.89. The van der Waals surface area contributed by atoms with Crippen LogP contribution in [0.5, 0.6) is 0 Å². The normalized spacial score (nSPS) is 11.6. The lowest BCUT2D eigenvalue weighted by molar-refractivity contribution is 0.249. The Balaban J connectivity index is 3.67. The molecule has 0 aromatic rings. The third-order valence-electron chi connectivity index (χ3n) is 3.07. The van der Waals surface area contributed by atoms with Gasteiger partial charge in [-0.25, -0.2) is 0 Å². The molecule has 0 aromatic carbocycles. The minimum absolute atomic E-state index is 0.819. The van der Waals surface area contributed by atoms with Crippen molar-refractivity contribution in [2.45, 2.75) is 39.5 Å². The Hall–Kier alpha value is -0.120. The molecule has 0 heterocycles. The highest BCUT2D eigenvalue weighted by molar-refractivity contribution is 4.61. The van der Waals surface area contributed by atoms with Gasteiger partial charge in [0, 0.05) is 0 Å². The van der Waals surface area contributed by atoms with Crippen LogP contribution in [0.15, 0.2) is 0 Å². The van der Waals surface area contributed by atoms with Gasteiger partial charge in [-0.05, 0) is 78.4 Å². The summed E-state index contributed by atoms with van der Waals surface area (Å²) in [5.74, 6) is 0.819. The molecule has 0 fully saturated rings. The lowest BCUT2D eigenvalue weighted by Gasteiger charge is -2.23. The van der Waals surface area contributed by atoms with E-state index >= 15 is 0 Å². The molecule has 0 bridgehead atoms. The Labute approximate surface area is 108 Å². The molecule has 0 aliphatic heterocycles. The molecule has 3 nitrogen and oxygen atoms in total. The minimum Gasteiger partial charge on any atom is -0.320 e. The van der Waals surface area contributed by atoms with E-state index in [0.717, 1.165) is 19.0 Å². The van der Waals surface area contributed by atoms with Gasteiger partial charge in [-0.15, -0.1) is 0 Å². The van der Waals surface area contributed by atoms with E-state index < -0.39 is 0 Å². The Morgan fingerprint density at radius 3 is 2.00 bits per heavy atom. The highest BCUT2D eigenvalue weighted by Gasteiger charge is 2.05. The highest BCUT2D eigenvalue weighted by atomic mass is 15.1. The van der Waals surface area contributed by atoms with Gasteiger partial charge < -0.3 is 15.5 Å². The summed E-state index contributed by atoms with van der Waals surface area (Å²) >= 11 is 0. The van der Waals surface area contributed by atoms with Crippen LogP contribution in [0.3, 0.4) is 0 Å². The lowest BCUT2D eigenvalue weighted by atomic mass is 10.1. The van der Waals surface area contributed by atoms with Gasteiger partial charge >= 0.3 is 0 Å². The van der Waals surface area contributed by atoms with E-state index in [1.807, 2.05) is 14.1 Å². The minimum atomic E-state index is 0.819. The molecule has 0 radical (unpaired) electrons. The second-order valence-corrected chi connectivity index (χ2v) is 5.29. The lowest BCUT2D eigenvalue weighted by Crippen LogP contribution is -2.30. The van der Waals surface area contributed by atoms with Crippen LogP contribution in [-0.4, -0.2) is 51.7 Å². The van der Waals surface area contributed by atoms with E-state index in [0.29, 0.717) is 0 Å². The third-order valence-corrected chi connectivity index (χ3v) is 3.07. The smallest absolute Gasteiger partial charge is 0.000664 e. The molecular formula is C14H33N3. The van der Waals surface area contributed by atoms with Crippen molar-refractivity contribution in [2.75, 3.05) is 46.8 Å². The van der Waals surface area contributed by atoms with Crippen LogP contribution >= 0.6 is 0 Å². The van der Waals surface area contributed by atoms with E-state index in [2.05, 4.69) is 29.4 Å². The highest BCUT2D eigenvalue weighted by Crippen LogP contribution is 2.04. The van der Waals surface area contributed by atoms with E-state index in [-0.39, 0.29) is 0 Å². The first-order valence-electron chi connectivity index (χ1n) is 7.22. The topological polar surface area (TPSA) is 27.3 Å². The zero-order chi connectivity index (χ0) is 12.9. The average molecular weight is 243 g/mol. The van der Waals surface area contributed by atoms with E-state index in [9.17, 15) is 0 Å². The first-order valence-corrected chi connectivity index (χ1v) is 7.22. The van der Waals surface area contributed by atoms with Crippen LogP contribution in [0, 0.1) is 5.92 Å². The van der Waals surface area contributed by atoms with Crippen LogP contribution in [0.4, 0.5) is 0 Å². The molecule has 0 unspecified atom stereocenters. The van der Waals surface area contributed by atoms with E-state index in [1.165, 1.54) is 45.3 Å². The molecule has 17 heavy (non-hydrogen) atoms. The molecule has 0 spiro atoms. The molecule has 0 saturated heterocycles. The van der Waals surface area contributed by atoms with Crippen molar-refractivity contribution < 1.29 is 0 Å². The number of nitrogens with one attached hydrogen (secondary N) is 2. The number of hydrogen-bond donors (Lipinski definition) is 2. The fourth-order valence-corrected chi connectivity index (χ4v) is 1.89. The summed E-state index contributed by atoms with van der Waals surface area (Å²) in [5.41, 5.74) is 0. The van der Waals surface area contributed by atoms with Crippen molar-refractivity contribution in [1.82, 2.24) is 15.5 Å². The van der Waals surface area contributed by atoms with Crippen molar-refractivity contribution in [2.24, 2.45) is 5.92 Å². The number of hydrogen-bond acceptors (Lipinski definition) is 3. The quantitative estimate of drug-likeness (QED) is 0.513. The van der Waals surface area contributed by atoms with Crippen molar-refractivity contribution in [3.63, 3.8) is 0 Å².